The number of benzene rings is 8. The molecular formula is C55H44N2. The molecule has 0 amide bonds. The molecule has 1 aromatic heterocycles. The second-order valence-electron chi connectivity index (χ2n) is 16.4. The van der Waals surface area contributed by atoms with Crippen LogP contribution in [0.2, 0.25) is 0 Å². The molecule has 274 valence electrons. The maximum absolute atomic E-state index is 2.57. The Hall–Kier alpha value is -6.64. The lowest BCUT2D eigenvalue weighted by molar-refractivity contribution is 0.651. The number of nitrogens with zero attached hydrogens (tertiary/aromatic N) is 2. The average molecular weight is 733 g/mol. The molecule has 57 heavy (non-hydrogen) atoms. The average Bonchev–Trinajstić information content (AvgIpc) is 3.72. The van der Waals surface area contributed by atoms with Gasteiger partial charge in [-0.15, -0.1) is 0 Å². The topological polar surface area (TPSA) is 8.17 Å². The molecule has 9 aromatic rings. The van der Waals surface area contributed by atoms with Gasteiger partial charge in [-0.05, 0) is 136 Å². The lowest BCUT2D eigenvalue weighted by Crippen LogP contribution is -2.18. The first-order valence-corrected chi connectivity index (χ1v) is 20.5. The van der Waals surface area contributed by atoms with Crippen LogP contribution in [0.4, 0.5) is 17.1 Å². The minimum atomic E-state index is -0.182. The normalized spacial score (nSPS) is 14.0. The number of hydrogen-bond donors (Lipinski definition) is 0. The molecule has 2 nitrogen and oxygen atoms in total. The number of anilines is 3. The van der Waals surface area contributed by atoms with E-state index in [1.165, 1.54) is 96.1 Å². The standard InChI is InChI=1S/C55H44N2/c1-55(2)49-35-43(56(41-17-7-4-8-18-41)42-31-29-40(30-32-42)39-27-25-38(26-28-39)37-15-5-3-6-16-37)33-34-48(49)54-47-22-10-9-21-46(47)53(36-50(54)55)57-51-23-13-11-19-44(51)45-20-12-14-24-52(45)57/h3-8,11-20,23-36H,9-10,21-22H2,1-2H3. The van der Waals surface area contributed by atoms with Crippen LogP contribution in [0.25, 0.3) is 60.9 Å². The van der Waals surface area contributed by atoms with Crippen LogP contribution in [-0.2, 0) is 18.3 Å². The Balaban J connectivity index is 1.02. The maximum Gasteiger partial charge on any atom is 0.0541 e. The van der Waals surface area contributed by atoms with Crippen molar-refractivity contribution >= 4 is 38.9 Å². The second kappa shape index (κ2) is 13.2. The van der Waals surface area contributed by atoms with Gasteiger partial charge in [0.2, 0.25) is 0 Å². The quantitative estimate of drug-likeness (QED) is 0.165. The van der Waals surface area contributed by atoms with Crippen LogP contribution in [0.5, 0.6) is 0 Å². The Morgan fingerprint density at radius 1 is 0.439 bits per heavy atom. The fraction of sp³-hybridized carbons (Fsp3) is 0.127. The number of hydrogen-bond acceptors (Lipinski definition) is 1. The van der Waals surface area contributed by atoms with Gasteiger partial charge in [0.15, 0.2) is 0 Å². The number of fused-ring (bicyclic) bond motifs is 8. The molecule has 2 heteroatoms. The summed E-state index contributed by atoms with van der Waals surface area (Å²) in [6, 6.07) is 67.1. The zero-order valence-electron chi connectivity index (χ0n) is 32.5. The molecule has 0 aliphatic heterocycles. The van der Waals surface area contributed by atoms with Gasteiger partial charge < -0.3 is 9.47 Å². The van der Waals surface area contributed by atoms with Crippen molar-refractivity contribution in [1.29, 1.82) is 0 Å². The van der Waals surface area contributed by atoms with Crippen LogP contribution < -0.4 is 4.90 Å². The highest BCUT2D eigenvalue weighted by Gasteiger charge is 2.40. The Bertz CT molecular complexity index is 2900. The summed E-state index contributed by atoms with van der Waals surface area (Å²) in [6.07, 6.45) is 4.70. The van der Waals surface area contributed by atoms with Crippen LogP contribution >= 0.6 is 0 Å². The lowest BCUT2D eigenvalue weighted by atomic mass is 9.79. The Morgan fingerprint density at radius 2 is 0.930 bits per heavy atom. The number of para-hydroxylation sites is 3. The third-order valence-electron chi connectivity index (χ3n) is 12.8. The van der Waals surface area contributed by atoms with Crippen molar-refractivity contribution in [3.8, 4) is 39.1 Å². The molecule has 0 atom stereocenters. The van der Waals surface area contributed by atoms with Crippen molar-refractivity contribution in [2.75, 3.05) is 4.90 Å². The minimum Gasteiger partial charge on any atom is -0.310 e. The molecule has 0 bridgehead atoms. The summed E-state index contributed by atoms with van der Waals surface area (Å²) in [5.41, 5.74) is 20.9. The van der Waals surface area contributed by atoms with Gasteiger partial charge in [-0.1, -0.05) is 141 Å². The summed E-state index contributed by atoms with van der Waals surface area (Å²) in [6.45, 7) is 4.88. The van der Waals surface area contributed by atoms with Gasteiger partial charge in [0.25, 0.3) is 0 Å². The largest absolute Gasteiger partial charge is 0.310 e. The number of rotatable bonds is 6. The fourth-order valence-electron chi connectivity index (χ4n) is 9.97. The van der Waals surface area contributed by atoms with Gasteiger partial charge in [-0.2, -0.15) is 0 Å². The molecule has 0 unspecified atom stereocenters. The molecule has 8 aromatic carbocycles. The van der Waals surface area contributed by atoms with E-state index in [0.29, 0.717) is 0 Å². The molecule has 0 saturated carbocycles. The van der Waals surface area contributed by atoms with E-state index >= 15 is 0 Å². The summed E-state index contributed by atoms with van der Waals surface area (Å²) in [7, 11) is 0. The van der Waals surface area contributed by atoms with Gasteiger partial charge in [-0.25, -0.2) is 0 Å². The van der Waals surface area contributed by atoms with Crippen molar-refractivity contribution in [2.45, 2.75) is 44.9 Å². The lowest BCUT2D eigenvalue weighted by Gasteiger charge is -2.29. The maximum atomic E-state index is 2.57. The molecule has 1 heterocycles. The van der Waals surface area contributed by atoms with Crippen LogP contribution in [0.1, 0.15) is 48.9 Å². The van der Waals surface area contributed by atoms with Crippen LogP contribution in [0.15, 0.2) is 182 Å². The Morgan fingerprint density at radius 3 is 1.56 bits per heavy atom. The second-order valence-corrected chi connectivity index (χ2v) is 16.4. The van der Waals surface area contributed by atoms with E-state index in [1.807, 2.05) is 0 Å². The van der Waals surface area contributed by atoms with E-state index in [1.54, 1.807) is 5.56 Å². The highest BCUT2D eigenvalue weighted by atomic mass is 15.1. The van der Waals surface area contributed by atoms with Crippen molar-refractivity contribution in [1.82, 2.24) is 4.57 Å². The SMILES string of the molecule is CC1(C)c2cc(N(c3ccccc3)c3ccc(-c4ccc(-c5ccccc5)cc4)cc3)ccc2-c2c1cc(-n1c3ccccc3c3ccccc31)c1c2CCCC1. The first kappa shape index (κ1) is 33.7. The van der Waals surface area contributed by atoms with Gasteiger partial charge >= 0.3 is 0 Å². The molecule has 0 spiro atoms. The van der Waals surface area contributed by atoms with E-state index < -0.39 is 0 Å². The van der Waals surface area contributed by atoms with E-state index in [2.05, 4.69) is 205 Å². The molecular weight excluding hydrogens is 689 g/mol. The van der Waals surface area contributed by atoms with E-state index in [0.717, 1.165) is 24.2 Å². The van der Waals surface area contributed by atoms with Crippen LogP contribution in [-0.4, -0.2) is 4.57 Å². The van der Waals surface area contributed by atoms with Crippen molar-refractivity contribution in [3.05, 3.63) is 204 Å². The summed E-state index contributed by atoms with van der Waals surface area (Å²) in [4.78, 5) is 2.42. The van der Waals surface area contributed by atoms with Gasteiger partial charge in [-0.3, -0.25) is 0 Å². The van der Waals surface area contributed by atoms with Gasteiger partial charge in [0.05, 0.1) is 11.0 Å². The molecule has 11 rings (SSSR count). The third kappa shape index (κ3) is 5.39. The molecule has 2 aliphatic carbocycles. The van der Waals surface area contributed by atoms with Crippen molar-refractivity contribution in [2.24, 2.45) is 0 Å². The molecule has 0 N–H and O–H groups in total. The van der Waals surface area contributed by atoms with Crippen LogP contribution in [0, 0.1) is 0 Å². The van der Waals surface area contributed by atoms with Gasteiger partial charge in [0.1, 0.15) is 0 Å². The summed E-state index contributed by atoms with van der Waals surface area (Å²) in [5.74, 6) is 0. The highest BCUT2D eigenvalue weighted by molar-refractivity contribution is 6.09. The Kier molecular flexibility index (Phi) is 7.83. The van der Waals surface area contributed by atoms with E-state index in [9.17, 15) is 0 Å². The predicted molar refractivity (Wildman–Crippen MR) is 241 cm³/mol. The molecule has 0 radical (unpaired) electrons. The van der Waals surface area contributed by atoms with Crippen LogP contribution in [0.3, 0.4) is 0 Å². The monoisotopic (exact) mass is 732 g/mol. The van der Waals surface area contributed by atoms with E-state index in [-0.39, 0.29) is 5.41 Å². The first-order chi connectivity index (χ1) is 28.0. The third-order valence-corrected chi connectivity index (χ3v) is 12.8. The summed E-state index contributed by atoms with van der Waals surface area (Å²) < 4.78 is 2.57. The van der Waals surface area contributed by atoms with Gasteiger partial charge in [0, 0.05) is 38.9 Å². The summed E-state index contributed by atoms with van der Waals surface area (Å²) in [5, 5.41) is 2.64. The first-order valence-electron chi connectivity index (χ1n) is 20.5. The zero-order valence-corrected chi connectivity index (χ0v) is 32.5. The fourth-order valence-corrected chi connectivity index (χ4v) is 9.97. The molecule has 0 saturated heterocycles. The zero-order chi connectivity index (χ0) is 38.1. The molecule has 0 fully saturated rings. The smallest absolute Gasteiger partial charge is 0.0541 e. The van der Waals surface area contributed by atoms with E-state index in [4.69, 9.17) is 0 Å². The highest BCUT2D eigenvalue weighted by Crippen LogP contribution is 2.55. The number of aromatic nitrogens is 1. The van der Waals surface area contributed by atoms with Crippen molar-refractivity contribution < 1.29 is 0 Å². The molecule has 2 aliphatic rings. The summed E-state index contributed by atoms with van der Waals surface area (Å²) >= 11 is 0. The predicted octanol–water partition coefficient (Wildman–Crippen LogP) is 14.8. The minimum absolute atomic E-state index is 0.182. The van der Waals surface area contributed by atoms with Crippen molar-refractivity contribution in [3.63, 3.8) is 0 Å². The Labute approximate surface area is 335 Å².